The van der Waals surface area contributed by atoms with E-state index in [1.54, 1.807) is 24.0 Å². The van der Waals surface area contributed by atoms with Crippen LogP contribution in [-0.4, -0.2) is 34.9 Å². The normalized spacial score (nSPS) is 17.4. The van der Waals surface area contributed by atoms with Gasteiger partial charge in [-0.1, -0.05) is 26.0 Å². The number of amides is 1. The van der Waals surface area contributed by atoms with Crippen LogP contribution in [0.2, 0.25) is 0 Å². The lowest BCUT2D eigenvalue weighted by atomic mass is 10.0. The third-order valence-corrected chi connectivity index (χ3v) is 4.94. The number of nitrogens with zero attached hydrogens (tertiary/aromatic N) is 1. The summed E-state index contributed by atoms with van der Waals surface area (Å²) in [5, 5.41) is 3.53. The first-order valence-corrected chi connectivity index (χ1v) is 9.29. The molecule has 2 N–H and O–H groups in total. The Balaban J connectivity index is 1.67. The number of aromatic nitrogens is 1. The van der Waals surface area contributed by atoms with Gasteiger partial charge in [-0.05, 0) is 55.5 Å². The van der Waals surface area contributed by atoms with Crippen molar-refractivity contribution in [2.75, 3.05) is 18.4 Å². The number of aryl methyl sites for hydroxylation is 1. The second-order valence-corrected chi connectivity index (χ2v) is 7.40. The zero-order valence-corrected chi connectivity index (χ0v) is 15.7. The number of rotatable bonds is 4. The summed E-state index contributed by atoms with van der Waals surface area (Å²) in [5.74, 6) is 0.326. The van der Waals surface area contributed by atoms with Crippen LogP contribution in [0, 0.1) is 6.92 Å². The lowest BCUT2D eigenvalue weighted by molar-refractivity contribution is 0.0713. The number of benzene rings is 1. The van der Waals surface area contributed by atoms with Gasteiger partial charge in [-0.3, -0.25) is 9.59 Å². The fraction of sp³-hybridized carbons (Fsp3) is 0.429. The number of anilines is 1. The molecule has 2 heterocycles. The third-order valence-electron chi connectivity index (χ3n) is 4.94. The smallest absolute Gasteiger partial charge is 0.260 e. The molecular formula is C21H27N3O2. The maximum atomic E-state index is 12.7. The molecule has 0 radical (unpaired) electrons. The molecule has 3 rings (SSSR count). The van der Waals surface area contributed by atoms with Crippen LogP contribution in [0.1, 0.15) is 54.2 Å². The molecule has 1 saturated heterocycles. The van der Waals surface area contributed by atoms with Crippen molar-refractivity contribution in [1.29, 1.82) is 0 Å². The Kier molecular flexibility index (Phi) is 5.45. The molecule has 1 amide bonds. The van der Waals surface area contributed by atoms with E-state index >= 15 is 0 Å². The van der Waals surface area contributed by atoms with Crippen molar-refractivity contribution in [2.24, 2.45) is 0 Å². The Labute approximate surface area is 154 Å². The minimum atomic E-state index is -0.311. The number of hydrogen-bond donors (Lipinski definition) is 2. The molecule has 0 aliphatic carbocycles. The van der Waals surface area contributed by atoms with Crippen molar-refractivity contribution in [1.82, 2.24) is 9.88 Å². The van der Waals surface area contributed by atoms with Gasteiger partial charge in [-0.2, -0.15) is 0 Å². The van der Waals surface area contributed by atoms with E-state index in [0.717, 1.165) is 24.2 Å². The SMILES string of the molecule is Cc1ccc(C(=O)N2CCCC(Nc3ccc(C(C)C)cc3)C2)c(=O)[nH]1. The fourth-order valence-corrected chi connectivity index (χ4v) is 3.39. The highest BCUT2D eigenvalue weighted by molar-refractivity contribution is 5.94. The quantitative estimate of drug-likeness (QED) is 0.884. The van der Waals surface area contributed by atoms with Crippen molar-refractivity contribution in [3.8, 4) is 0 Å². The van der Waals surface area contributed by atoms with E-state index in [1.165, 1.54) is 5.56 Å². The highest BCUT2D eigenvalue weighted by Gasteiger charge is 2.25. The third kappa shape index (κ3) is 4.15. The van der Waals surface area contributed by atoms with Crippen LogP contribution in [0.5, 0.6) is 0 Å². The summed E-state index contributed by atoms with van der Waals surface area (Å²) in [5.41, 5.74) is 3.05. The molecule has 0 saturated carbocycles. The Morgan fingerprint density at radius 1 is 1.19 bits per heavy atom. The van der Waals surface area contributed by atoms with E-state index in [2.05, 4.69) is 48.4 Å². The number of likely N-dealkylation sites (tertiary alicyclic amines) is 1. The van der Waals surface area contributed by atoms with E-state index < -0.39 is 0 Å². The molecule has 26 heavy (non-hydrogen) atoms. The standard InChI is InChI=1S/C21H27N3O2/c1-14(2)16-7-9-17(10-8-16)23-18-5-4-12-24(13-18)21(26)19-11-6-15(3)22-20(19)25/h6-11,14,18,23H,4-5,12-13H2,1-3H3,(H,22,25). The summed E-state index contributed by atoms with van der Waals surface area (Å²) in [6.07, 6.45) is 1.94. The predicted molar refractivity (Wildman–Crippen MR) is 105 cm³/mol. The van der Waals surface area contributed by atoms with Crippen LogP contribution in [0.25, 0.3) is 0 Å². The van der Waals surface area contributed by atoms with Crippen LogP contribution < -0.4 is 10.9 Å². The maximum Gasteiger partial charge on any atom is 0.260 e. The number of hydrogen-bond acceptors (Lipinski definition) is 3. The summed E-state index contributed by atoms with van der Waals surface area (Å²) in [7, 11) is 0. The summed E-state index contributed by atoms with van der Waals surface area (Å²) in [6, 6.07) is 12.1. The van der Waals surface area contributed by atoms with Crippen LogP contribution in [0.4, 0.5) is 5.69 Å². The van der Waals surface area contributed by atoms with E-state index in [9.17, 15) is 9.59 Å². The minimum Gasteiger partial charge on any atom is -0.381 e. The van der Waals surface area contributed by atoms with Crippen molar-refractivity contribution in [3.05, 3.63) is 63.6 Å². The lowest BCUT2D eigenvalue weighted by Crippen LogP contribution is -2.46. The molecule has 1 aromatic carbocycles. The highest BCUT2D eigenvalue weighted by Crippen LogP contribution is 2.20. The van der Waals surface area contributed by atoms with Crippen LogP contribution >= 0.6 is 0 Å². The number of aromatic amines is 1. The molecule has 0 spiro atoms. The molecule has 5 heteroatoms. The monoisotopic (exact) mass is 353 g/mol. The second kappa shape index (κ2) is 7.77. The van der Waals surface area contributed by atoms with E-state index in [0.29, 0.717) is 19.0 Å². The molecule has 1 aliphatic heterocycles. The maximum absolute atomic E-state index is 12.7. The predicted octanol–water partition coefficient (Wildman–Crippen LogP) is 3.52. The van der Waals surface area contributed by atoms with Gasteiger partial charge >= 0.3 is 0 Å². The van der Waals surface area contributed by atoms with Crippen molar-refractivity contribution >= 4 is 11.6 Å². The first-order valence-electron chi connectivity index (χ1n) is 9.29. The zero-order valence-electron chi connectivity index (χ0n) is 15.7. The number of piperidine rings is 1. The molecule has 5 nitrogen and oxygen atoms in total. The molecular weight excluding hydrogens is 326 g/mol. The Bertz CT molecular complexity index is 824. The summed E-state index contributed by atoms with van der Waals surface area (Å²) in [6.45, 7) is 7.47. The molecule has 1 atom stereocenters. The number of carbonyl (C=O) groups excluding carboxylic acids is 1. The van der Waals surface area contributed by atoms with Gasteiger partial charge in [0.25, 0.3) is 11.5 Å². The summed E-state index contributed by atoms with van der Waals surface area (Å²) >= 11 is 0. The highest BCUT2D eigenvalue weighted by atomic mass is 16.2. The van der Waals surface area contributed by atoms with Gasteiger partial charge in [0.05, 0.1) is 0 Å². The van der Waals surface area contributed by atoms with Crippen molar-refractivity contribution in [3.63, 3.8) is 0 Å². The van der Waals surface area contributed by atoms with E-state index in [1.807, 2.05) is 0 Å². The first kappa shape index (κ1) is 18.2. The lowest BCUT2D eigenvalue weighted by Gasteiger charge is -2.33. The van der Waals surface area contributed by atoms with Gasteiger partial charge in [-0.15, -0.1) is 0 Å². The molecule has 1 aliphatic rings. The zero-order chi connectivity index (χ0) is 18.7. The molecule has 2 aromatic rings. The average molecular weight is 353 g/mol. The first-order chi connectivity index (χ1) is 12.4. The van der Waals surface area contributed by atoms with Crippen molar-refractivity contribution in [2.45, 2.75) is 45.6 Å². The fourth-order valence-electron chi connectivity index (χ4n) is 3.39. The average Bonchev–Trinajstić information content (AvgIpc) is 2.62. The number of carbonyl (C=O) groups is 1. The van der Waals surface area contributed by atoms with Crippen molar-refractivity contribution < 1.29 is 4.79 Å². The van der Waals surface area contributed by atoms with Gasteiger partial charge in [0.15, 0.2) is 0 Å². The van der Waals surface area contributed by atoms with E-state index in [-0.39, 0.29) is 23.1 Å². The molecule has 1 fully saturated rings. The van der Waals surface area contributed by atoms with Crippen LogP contribution in [0.15, 0.2) is 41.2 Å². The van der Waals surface area contributed by atoms with Crippen LogP contribution in [0.3, 0.4) is 0 Å². The Morgan fingerprint density at radius 3 is 2.58 bits per heavy atom. The largest absolute Gasteiger partial charge is 0.381 e. The Morgan fingerprint density at radius 2 is 1.92 bits per heavy atom. The number of pyridine rings is 1. The molecule has 1 unspecified atom stereocenters. The van der Waals surface area contributed by atoms with Gasteiger partial charge in [0, 0.05) is 30.5 Å². The number of nitrogens with one attached hydrogen (secondary N) is 2. The summed E-state index contributed by atoms with van der Waals surface area (Å²) in [4.78, 5) is 29.3. The molecule has 1 aromatic heterocycles. The second-order valence-electron chi connectivity index (χ2n) is 7.40. The van der Waals surface area contributed by atoms with Gasteiger partial charge in [0.1, 0.15) is 5.56 Å². The van der Waals surface area contributed by atoms with Gasteiger partial charge in [0.2, 0.25) is 0 Å². The van der Waals surface area contributed by atoms with Crippen LogP contribution in [-0.2, 0) is 0 Å². The summed E-state index contributed by atoms with van der Waals surface area (Å²) < 4.78 is 0. The molecule has 0 bridgehead atoms. The van der Waals surface area contributed by atoms with Gasteiger partial charge < -0.3 is 15.2 Å². The Hall–Kier alpha value is -2.56. The van der Waals surface area contributed by atoms with E-state index in [4.69, 9.17) is 0 Å². The topological polar surface area (TPSA) is 65.2 Å². The minimum absolute atomic E-state index is 0.187. The molecule has 138 valence electrons. The number of H-pyrrole nitrogens is 1. The van der Waals surface area contributed by atoms with Gasteiger partial charge in [-0.25, -0.2) is 0 Å².